The van der Waals surface area contributed by atoms with E-state index >= 15 is 0 Å². The minimum atomic E-state index is -0.201. The second kappa shape index (κ2) is 5.84. The molecule has 1 aromatic carbocycles. The normalized spacial score (nSPS) is 24.5. The third kappa shape index (κ3) is 3.03. The summed E-state index contributed by atoms with van der Waals surface area (Å²) in [6.45, 7) is 0. The van der Waals surface area contributed by atoms with E-state index in [1.165, 1.54) is 25.7 Å². The Hall–Kier alpha value is -2.10. The average Bonchev–Trinajstić information content (AvgIpc) is 3.40. The summed E-state index contributed by atoms with van der Waals surface area (Å²) >= 11 is 0. The van der Waals surface area contributed by atoms with Gasteiger partial charge in [-0.1, -0.05) is 31.0 Å². The van der Waals surface area contributed by atoms with E-state index in [2.05, 4.69) is 10.3 Å². The van der Waals surface area contributed by atoms with Crippen molar-refractivity contribution in [2.75, 3.05) is 0 Å². The number of hydrogen-bond donors (Lipinski definition) is 2. The van der Waals surface area contributed by atoms with Crippen molar-refractivity contribution >= 4 is 16.7 Å². The first-order valence-electron chi connectivity index (χ1n) is 8.63. The molecule has 2 N–H and O–H groups in total. The summed E-state index contributed by atoms with van der Waals surface area (Å²) in [4.78, 5) is 27.3. The van der Waals surface area contributed by atoms with E-state index in [4.69, 9.17) is 0 Å². The molecule has 2 saturated carbocycles. The highest BCUT2D eigenvalue weighted by Crippen LogP contribution is 2.43. The molecule has 4 rings (SSSR count). The zero-order valence-corrected chi connectivity index (χ0v) is 13.2. The number of nitrogens with one attached hydrogen (secondary N) is 2. The van der Waals surface area contributed by atoms with Crippen LogP contribution < -0.4 is 10.9 Å². The van der Waals surface area contributed by atoms with Gasteiger partial charge in [0.2, 0.25) is 0 Å². The number of benzene rings is 1. The maximum absolute atomic E-state index is 12.5. The Kier molecular flexibility index (Phi) is 3.68. The van der Waals surface area contributed by atoms with E-state index in [9.17, 15) is 9.59 Å². The van der Waals surface area contributed by atoms with Crippen molar-refractivity contribution in [2.45, 2.75) is 44.6 Å². The van der Waals surface area contributed by atoms with Crippen molar-refractivity contribution in [3.05, 3.63) is 46.4 Å². The topological polar surface area (TPSA) is 62.0 Å². The van der Waals surface area contributed by atoms with Crippen LogP contribution in [0, 0.1) is 11.8 Å². The van der Waals surface area contributed by atoms with Crippen LogP contribution in [0.4, 0.5) is 0 Å². The molecule has 23 heavy (non-hydrogen) atoms. The molecule has 0 saturated heterocycles. The molecule has 0 aliphatic heterocycles. The minimum Gasteiger partial charge on any atom is -0.348 e. The van der Waals surface area contributed by atoms with Crippen LogP contribution in [0.5, 0.6) is 0 Å². The molecule has 4 nitrogen and oxygen atoms in total. The smallest absolute Gasteiger partial charge is 0.268 e. The minimum absolute atomic E-state index is 0.158. The lowest BCUT2D eigenvalue weighted by Gasteiger charge is -2.29. The Bertz CT molecular complexity index is 791. The van der Waals surface area contributed by atoms with E-state index in [0.717, 1.165) is 30.1 Å². The van der Waals surface area contributed by atoms with Gasteiger partial charge in [0.05, 0.1) is 0 Å². The van der Waals surface area contributed by atoms with Gasteiger partial charge in [0.1, 0.15) is 5.69 Å². The number of carbonyl (C=O) groups is 1. The first-order valence-corrected chi connectivity index (χ1v) is 8.63. The van der Waals surface area contributed by atoms with E-state index in [1.54, 1.807) is 12.1 Å². The lowest BCUT2D eigenvalue weighted by molar-refractivity contribution is 0.0912. The van der Waals surface area contributed by atoms with Crippen molar-refractivity contribution in [1.82, 2.24) is 10.3 Å². The zero-order valence-electron chi connectivity index (χ0n) is 13.2. The molecule has 2 aliphatic carbocycles. The van der Waals surface area contributed by atoms with Crippen molar-refractivity contribution < 1.29 is 4.79 Å². The van der Waals surface area contributed by atoms with Gasteiger partial charge >= 0.3 is 0 Å². The van der Waals surface area contributed by atoms with Gasteiger partial charge in [-0.3, -0.25) is 9.59 Å². The fraction of sp³-hybridized carbons (Fsp3) is 0.474. The number of rotatable bonds is 3. The standard InChI is InChI=1S/C19H22N2O2/c22-18-16-7-2-1-4-14(16)11-17(21-18)19(23)20-15-6-3-5-13(10-15)12-8-9-12/h1-2,4,7,11-13,15H,3,5-6,8-10H2,(H,20,23)(H,21,22). The number of pyridine rings is 1. The van der Waals surface area contributed by atoms with Gasteiger partial charge in [0.15, 0.2) is 0 Å². The van der Waals surface area contributed by atoms with Crippen LogP contribution in [0.15, 0.2) is 35.1 Å². The quantitative estimate of drug-likeness (QED) is 0.914. The molecular formula is C19H22N2O2. The second-order valence-corrected chi connectivity index (χ2v) is 7.03. The maximum Gasteiger partial charge on any atom is 0.268 e. The summed E-state index contributed by atoms with van der Waals surface area (Å²) in [6.07, 6.45) is 7.37. The number of aromatic nitrogens is 1. The number of aromatic amines is 1. The lowest BCUT2D eigenvalue weighted by Crippen LogP contribution is -2.39. The molecule has 1 aromatic heterocycles. The molecule has 0 bridgehead atoms. The van der Waals surface area contributed by atoms with Crippen LogP contribution in [-0.4, -0.2) is 16.9 Å². The molecule has 2 fully saturated rings. The van der Waals surface area contributed by atoms with Crippen LogP contribution >= 0.6 is 0 Å². The third-order valence-corrected chi connectivity index (χ3v) is 5.34. The summed E-state index contributed by atoms with van der Waals surface area (Å²) in [5, 5.41) is 4.56. The molecule has 2 unspecified atom stereocenters. The molecule has 120 valence electrons. The molecule has 1 heterocycles. The molecule has 2 aromatic rings. The Balaban J connectivity index is 1.51. The highest BCUT2D eigenvalue weighted by atomic mass is 16.2. The van der Waals surface area contributed by atoms with E-state index < -0.39 is 0 Å². The van der Waals surface area contributed by atoms with Gasteiger partial charge in [0, 0.05) is 11.4 Å². The van der Waals surface area contributed by atoms with Crippen LogP contribution in [0.25, 0.3) is 10.8 Å². The largest absolute Gasteiger partial charge is 0.348 e. The number of carbonyl (C=O) groups excluding carboxylic acids is 1. The molecule has 2 aliphatic rings. The van der Waals surface area contributed by atoms with E-state index in [-0.39, 0.29) is 17.5 Å². The Morgan fingerprint density at radius 1 is 1.09 bits per heavy atom. The number of hydrogen-bond acceptors (Lipinski definition) is 2. The van der Waals surface area contributed by atoms with Crippen molar-refractivity contribution in [2.24, 2.45) is 11.8 Å². The van der Waals surface area contributed by atoms with Gasteiger partial charge in [-0.2, -0.15) is 0 Å². The van der Waals surface area contributed by atoms with Crippen molar-refractivity contribution in [1.29, 1.82) is 0 Å². The number of fused-ring (bicyclic) bond motifs is 1. The van der Waals surface area contributed by atoms with Gasteiger partial charge < -0.3 is 10.3 Å². The first-order chi connectivity index (χ1) is 11.2. The van der Waals surface area contributed by atoms with Gasteiger partial charge in [-0.25, -0.2) is 0 Å². The second-order valence-electron chi connectivity index (χ2n) is 7.03. The number of H-pyrrole nitrogens is 1. The highest BCUT2D eigenvalue weighted by Gasteiger charge is 2.35. The average molecular weight is 310 g/mol. The Labute approximate surface area is 135 Å². The van der Waals surface area contributed by atoms with Crippen LogP contribution in [0.2, 0.25) is 0 Å². The van der Waals surface area contributed by atoms with Crippen LogP contribution in [0.1, 0.15) is 49.0 Å². The molecule has 4 heteroatoms. The summed E-state index contributed by atoms with van der Waals surface area (Å²) in [5.41, 5.74) is 0.162. The third-order valence-electron chi connectivity index (χ3n) is 5.34. The zero-order chi connectivity index (χ0) is 15.8. The molecule has 1 amide bonds. The summed E-state index contributed by atoms with van der Waals surface area (Å²) < 4.78 is 0. The van der Waals surface area contributed by atoms with Gasteiger partial charge in [0.25, 0.3) is 11.5 Å². The monoisotopic (exact) mass is 310 g/mol. The molecule has 0 spiro atoms. The van der Waals surface area contributed by atoms with Crippen LogP contribution in [-0.2, 0) is 0 Å². The fourth-order valence-corrected chi connectivity index (χ4v) is 3.95. The maximum atomic E-state index is 12.5. The van der Waals surface area contributed by atoms with Crippen molar-refractivity contribution in [3.8, 4) is 0 Å². The van der Waals surface area contributed by atoms with Crippen LogP contribution in [0.3, 0.4) is 0 Å². The Morgan fingerprint density at radius 3 is 2.74 bits per heavy atom. The molecule has 0 radical (unpaired) electrons. The summed E-state index contributed by atoms with van der Waals surface area (Å²) in [7, 11) is 0. The molecular weight excluding hydrogens is 288 g/mol. The van der Waals surface area contributed by atoms with Crippen molar-refractivity contribution in [3.63, 3.8) is 0 Å². The Morgan fingerprint density at radius 2 is 1.91 bits per heavy atom. The summed E-state index contributed by atoms with van der Waals surface area (Å²) in [6, 6.07) is 9.37. The summed E-state index contributed by atoms with van der Waals surface area (Å²) in [5.74, 6) is 1.52. The van der Waals surface area contributed by atoms with E-state index in [1.807, 2.05) is 18.2 Å². The predicted molar refractivity (Wildman–Crippen MR) is 90.5 cm³/mol. The lowest BCUT2D eigenvalue weighted by atomic mass is 9.82. The van der Waals surface area contributed by atoms with Gasteiger partial charge in [-0.15, -0.1) is 0 Å². The SMILES string of the molecule is O=C(NC1CCCC(C2CC2)C1)c1cc2ccccc2c(=O)[nH]1. The molecule has 2 atom stereocenters. The highest BCUT2D eigenvalue weighted by molar-refractivity contribution is 5.96. The number of amides is 1. The van der Waals surface area contributed by atoms with Gasteiger partial charge in [-0.05, 0) is 55.0 Å². The fourth-order valence-electron chi connectivity index (χ4n) is 3.95. The predicted octanol–water partition coefficient (Wildman–Crippen LogP) is 3.23. The first kappa shape index (κ1) is 14.5. The van der Waals surface area contributed by atoms with E-state index in [0.29, 0.717) is 11.1 Å².